The number of nitrogens with zero attached hydrogens (tertiary/aromatic N) is 2. The quantitative estimate of drug-likeness (QED) is 0.656. The van der Waals surface area contributed by atoms with Gasteiger partial charge in [-0.05, 0) is 42.8 Å². The second-order valence-corrected chi connectivity index (χ2v) is 6.84. The molecule has 1 atom stereocenters. The van der Waals surface area contributed by atoms with Crippen LogP contribution in [0.25, 0.3) is 0 Å². The highest BCUT2D eigenvalue weighted by Crippen LogP contribution is 2.23. The molecule has 6 heteroatoms. The molecule has 2 aromatic carbocycles. The zero-order valence-corrected chi connectivity index (χ0v) is 16.2. The number of aromatic nitrogens is 2. The topological polar surface area (TPSA) is 56.1 Å². The van der Waals surface area contributed by atoms with Crippen molar-refractivity contribution in [2.24, 2.45) is 7.05 Å². The Morgan fingerprint density at radius 1 is 1.23 bits per heavy atom. The third-order valence-electron chi connectivity index (χ3n) is 4.12. The second-order valence-electron chi connectivity index (χ2n) is 5.98. The summed E-state index contributed by atoms with van der Waals surface area (Å²) < 4.78 is 8.60. The predicted molar refractivity (Wildman–Crippen MR) is 104 cm³/mol. The van der Waals surface area contributed by atoms with Crippen molar-refractivity contribution in [2.75, 3.05) is 0 Å². The average Bonchev–Trinajstić information content (AvgIpc) is 3.05. The molecule has 0 aliphatic heterocycles. The van der Waals surface area contributed by atoms with Gasteiger partial charge in [-0.25, -0.2) is 4.98 Å². The number of benzene rings is 2. The van der Waals surface area contributed by atoms with Crippen LogP contribution < -0.4 is 10.1 Å². The molecule has 0 saturated heterocycles. The maximum atomic E-state index is 12.5. The lowest BCUT2D eigenvalue weighted by Crippen LogP contribution is -2.26. The number of nitrogens with one attached hydrogen (secondary N) is 1. The molecule has 0 bridgehead atoms. The van der Waals surface area contributed by atoms with Crippen molar-refractivity contribution >= 4 is 21.8 Å². The van der Waals surface area contributed by atoms with Crippen LogP contribution in [-0.2, 0) is 13.7 Å². The van der Waals surface area contributed by atoms with Crippen molar-refractivity contribution in [3.8, 4) is 5.75 Å². The van der Waals surface area contributed by atoms with Crippen LogP contribution in [0.3, 0.4) is 0 Å². The zero-order valence-electron chi connectivity index (χ0n) is 14.6. The Hall–Kier alpha value is -2.60. The molecule has 3 rings (SSSR count). The Morgan fingerprint density at radius 2 is 1.96 bits per heavy atom. The molecule has 1 aromatic heterocycles. The van der Waals surface area contributed by atoms with E-state index in [-0.39, 0.29) is 11.9 Å². The standard InChI is InChI=1S/C20H20BrN3O2/c1-14(17-5-3-4-6-18(17)21)23-20(25)15-7-9-16(10-8-15)26-13-19-22-11-12-24(19)2/h3-12,14H,13H2,1-2H3,(H,23,25)/t14-/m0/s1. The van der Waals surface area contributed by atoms with Crippen LogP contribution in [0.1, 0.15) is 34.7 Å². The van der Waals surface area contributed by atoms with Gasteiger partial charge in [0, 0.05) is 29.5 Å². The molecule has 134 valence electrons. The summed E-state index contributed by atoms with van der Waals surface area (Å²) in [5.74, 6) is 1.42. The summed E-state index contributed by atoms with van der Waals surface area (Å²) in [6.45, 7) is 2.34. The highest BCUT2D eigenvalue weighted by molar-refractivity contribution is 9.10. The first-order chi connectivity index (χ1) is 12.5. The highest BCUT2D eigenvalue weighted by Gasteiger charge is 2.13. The van der Waals surface area contributed by atoms with Gasteiger partial charge in [0.15, 0.2) is 0 Å². The molecule has 5 nitrogen and oxygen atoms in total. The van der Waals surface area contributed by atoms with E-state index in [1.165, 1.54) is 0 Å². The number of aryl methyl sites for hydroxylation is 1. The van der Waals surface area contributed by atoms with Gasteiger partial charge < -0.3 is 14.6 Å². The van der Waals surface area contributed by atoms with Crippen molar-refractivity contribution in [1.29, 1.82) is 0 Å². The van der Waals surface area contributed by atoms with Gasteiger partial charge in [0.2, 0.25) is 0 Å². The van der Waals surface area contributed by atoms with E-state index in [1.54, 1.807) is 30.5 Å². The number of carbonyl (C=O) groups excluding carboxylic acids is 1. The summed E-state index contributed by atoms with van der Waals surface area (Å²) >= 11 is 3.52. The fourth-order valence-corrected chi connectivity index (χ4v) is 3.20. The van der Waals surface area contributed by atoms with E-state index < -0.39 is 0 Å². The van der Waals surface area contributed by atoms with Gasteiger partial charge in [-0.15, -0.1) is 0 Å². The van der Waals surface area contributed by atoms with E-state index in [0.717, 1.165) is 15.9 Å². The first-order valence-corrected chi connectivity index (χ1v) is 9.08. The molecule has 3 aromatic rings. The minimum absolute atomic E-state index is 0.0996. The van der Waals surface area contributed by atoms with Crippen molar-refractivity contribution in [3.63, 3.8) is 0 Å². The second kappa shape index (κ2) is 8.19. The van der Waals surface area contributed by atoms with E-state index in [0.29, 0.717) is 17.9 Å². The molecule has 0 fully saturated rings. The number of imidazole rings is 1. The summed E-state index contributed by atoms with van der Waals surface area (Å²) in [6, 6.07) is 14.9. The Labute approximate surface area is 161 Å². The number of hydrogen-bond acceptors (Lipinski definition) is 3. The van der Waals surface area contributed by atoms with Crippen LogP contribution in [0, 0.1) is 0 Å². The molecule has 0 spiro atoms. The van der Waals surface area contributed by atoms with Crippen LogP contribution in [-0.4, -0.2) is 15.5 Å². The molecule has 26 heavy (non-hydrogen) atoms. The lowest BCUT2D eigenvalue weighted by atomic mass is 10.1. The fourth-order valence-electron chi connectivity index (χ4n) is 2.57. The van der Waals surface area contributed by atoms with Crippen LogP contribution in [0.5, 0.6) is 5.75 Å². The molecule has 0 saturated carbocycles. The third-order valence-corrected chi connectivity index (χ3v) is 4.85. The third kappa shape index (κ3) is 4.32. The van der Waals surface area contributed by atoms with Gasteiger partial charge in [-0.3, -0.25) is 4.79 Å². The number of ether oxygens (including phenoxy) is 1. The predicted octanol–water partition coefficient (Wildman–Crippen LogP) is 4.25. The molecular weight excluding hydrogens is 394 g/mol. The van der Waals surface area contributed by atoms with Gasteiger partial charge >= 0.3 is 0 Å². The molecular formula is C20H20BrN3O2. The van der Waals surface area contributed by atoms with Crippen molar-refractivity contribution in [3.05, 3.63) is 82.3 Å². The lowest BCUT2D eigenvalue weighted by Gasteiger charge is -2.16. The highest BCUT2D eigenvalue weighted by atomic mass is 79.9. The normalized spacial score (nSPS) is 11.8. The fraction of sp³-hybridized carbons (Fsp3) is 0.200. The number of halogens is 1. The molecule has 0 aliphatic rings. The average molecular weight is 414 g/mol. The number of amides is 1. The van der Waals surface area contributed by atoms with E-state index in [4.69, 9.17) is 4.74 Å². The maximum absolute atomic E-state index is 12.5. The minimum atomic E-state index is -0.121. The van der Waals surface area contributed by atoms with Crippen LogP contribution in [0.15, 0.2) is 65.4 Å². The summed E-state index contributed by atoms with van der Waals surface area (Å²) in [4.78, 5) is 16.7. The monoisotopic (exact) mass is 413 g/mol. The Kier molecular flexibility index (Phi) is 5.73. The first-order valence-electron chi connectivity index (χ1n) is 8.29. The largest absolute Gasteiger partial charge is 0.486 e. The van der Waals surface area contributed by atoms with E-state index in [2.05, 4.69) is 26.2 Å². The number of carbonyl (C=O) groups is 1. The van der Waals surface area contributed by atoms with Gasteiger partial charge in [0.05, 0.1) is 6.04 Å². The first kappa shape index (κ1) is 18.2. The Bertz CT molecular complexity index is 890. The number of rotatable bonds is 6. The SMILES string of the molecule is C[C@H](NC(=O)c1ccc(OCc2nccn2C)cc1)c1ccccc1Br. The van der Waals surface area contributed by atoms with Crippen LogP contribution >= 0.6 is 15.9 Å². The summed E-state index contributed by atoms with van der Waals surface area (Å²) in [7, 11) is 1.92. The van der Waals surface area contributed by atoms with Gasteiger partial charge in [-0.1, -0.05) is 34.1 Å². The van der Waals surface area contributed by atoms with E-state index >= 15 is 0 Å². The summed E-state index contributed by atoms with van der Waals surface area (Å²) in [6.07, 6.45) is 3.61. The van der Waals surface area contributed by atoms with Crippen molar-refractivity contribution in [2.45, 2.75) is 19.6 Å². The smallest absolute Gasteiger partial charge is 0.251 e. The zero-order chi connectivity index (χ0) is 18.5. The molecule has 0 radical (unpaired) electrons. The maximum Gasteiger partial charge on any atom is 0.251 e. The Balaban J connectivity index is 1.60. The molecule has 1 heterocycles. The van der Waals surface area contributed by atoms with E-state index in [9.17, 15) is 4.79 Å². The molecule has 0 unspecified atom stereocenters. The number of hydrogen-bond donors (Lipinski definition) is 1. The van der Waals surface area contributed by atoms with Crippen molar-refractivity contribution < 1.29 is 9.53 Å². The lowest BCUT2D eigenvalue weighted by molar-refractivity contribution is 0.0939. The summed E-state index contributed by atoms with van der Waals surface area (Å²) in [5.41, 5.74) is 1.63. The summed E-state index contributed by atoms with van der Waals surface area (Å²) in [5, 5.41) is 3.01. The molecule has 0 aliphatic carbocycles. The van der Waals surface area contributed by atoms with Gasteiger partial charge in [-0.2, -0.15) is 0 Å². The van der Waals surface area contributed by atoms with Crippen LogP contribution in [0.4, 0.5) is 0 Å². The Morgan fingerprint density at radius 3 is 2.62 bits per heavy atom. The minimum Gasteiger partial charge on any atom is -0.486 e. The van der Waals surface area contributed by atoms with Gasteiger partial charge in [0.1, 0.15) is 18.2 Å². The van der Waals surface area contributed by atoms with Crippen LogP contribution in [0.2, 0.25) is 0 Å². The molecule has 1 amide bonds. The molecule has 1 N–H and O–H groups in total. The van der Waals surface area contributed by atoms with E-state index in [1.807, 2.05) is 49.0 Å². The van der Waals surface area contributed by atoms with Gasteiger partial charge in [0.25, 0.3) is 5.91 Å². The van der Waals surface area contributed by atoms with Crippen molar-refractivity contribution in [1.82, 2.24) is 14.9 Å².